The monoisotopic (exact) mass is 420 g/mol. The van der Waals surface area contributed by atoms with Crippen molar-refractivity contribution in [1.82, 2.24) is 19.9 Å². The number of rotatable bonds is 5. The van der Waals surface area contributed by atoms with Crippen molar-refractivity contribution < 1.29 is 18.0 Å². The van der Waals surface area contributed by atoms with Crippen molar-refractivity contribution >= 4 is 23.1 Å². The second-order valence-corrected chi connectivity index (χ2v) is 7.43. The maximum absolute atomic E-state index is 13.5. The highest BCUT2D eigenvalue weighted by molar-refractivity contribution is 5.91. The van der Waals surface area contributed by atoms with E-state index >= 15 is 0 Å². The number of fused-ring (bicyclic) bond motifs is 1. The summed E-state index contributed by atoms with van der Waals surface area (Å²) in [5, 5.41) is 13.3. The number of aromatic nitrogens is 3. The number of urea groups is 1. The lowest BCUT2D eigenvalue weighted by molar-refractivity contribution is -0.136. The van der Waals surface area contributed by atoms with E-state index in [4.69, 9.17) is 0 Å². The van der Waals surface area contributed by atoms with Gasteiger partial charge in [-0.15, -0.1) is 10.2 Å². The molecular weight excluding hydrogens is 397 g/mol. The zero-order valence-electron chi connectivity index (χ0n) is 17.0. The lowest BCUT2D eigenvalue weighted by Gasteiger charge is -2.22. The van der Waals surface area contributed by atoms with Gasteiger partial charge in [0.25, 0.3) is 0 Å². The third kappa shape index (κ3) is 4.47. The first-order valence-corrected chi connectivity index (χ1v) is 9.33. The molecule has 0 saturated carbocycles. The van der Waals surface area contributed by atoms with Gasteiger partial charge in [0, 0.05) is 26.0 Å². The quantitative estimate of drug-likeness (QED) is 0.644. The van der Waals surface area contributed by atoms with E-state index < -0.39 is 23.8 Å². The van der Waals surface area contributed by atoms with Gasteiger partial charge in [-0.05, 0) is 36.2 Å². The highest BCUT2D eigenvalue weighted by Gasteiger charge is 2.35. The molecule has 7 nitrogen and oxygen atoms in total. The Balaban J connectivity index is 1.86. The number of alkyl halides is 3. The first kappa shape index (κ1) is 21.4. The molecule has 0 radical (unpaired) electrons. The van der Waals surface area contributed by atoms with Crippen LogP contribution in [-0.2, 0) is 6.18 Å². The fourth-order valence-electron chi connectivity index (χ4n) is 3.05. The van der Waals surface area contributed by atoms with E-state index in [-0.39, 0.29) is 11.6 Å². The van der Waals surface area contributed by atoms with Gasteiger partial charge >= 0.3 is 12.2 Å². The summed E-state index contributed by atoms with van der Waals surface area (Å²) < 4.78 is 42.3. The number of hydrogen-bond donors (Lipinski definition) is 2. The van der Waals surface area contributed by atoms with Crippen LogP contribution in [0.1, 0.15) is 31.3 Å². The molecule has 2 N–H and O–H groups in total. The first-order chi connectivity index (χ1) is 14.1. The van der Waals surface area contributed by atoms with Crippen LogP contribution in [0.15, 0.2) is 42.6 Å². The predicted molar refractivity (Wildman–Crippen MR) is 108 cm³/mol. The molecule has 0 aliphatic carbocycles. The summed E-state index contributed by atoms with van der Waals surface area (Å²) >= 11 is 0. The molecule has 1 aromatic carbocycles. The Morgan fingerprint density at radius 2 is 1.87 bits per heavy atom. The maximum atomic E-state index is 13.5. The number of nitrogens with one attached hydrogen (secondary N) is 2. The summed E-state index contributed by atoms with van der Waals surface area (Å²) in [5.74, 6) is 0.413. The predicted octanol–water partition coefficient (Wildman–Crippen LogP) is 4.33. The van der Waals surface area contributed by atoms with Gasteiger partial charge in [0.15, 0.2) is 11.5 Å². The van der Waals surface area contributed by atoms with E-state index in [9.17, 15) is 18.0 Å². The zero-order valence-corrected chi connectivity index (χ0v) is 17.0. The molecule has 30 heavy (non-hydrogen) atoms. The molecule has 0 fully saturated rings. The SMILES string of the molecule is CC(C)C(NC(=O)Nc1ccc(N(C)C)cc1C(F)(F)F)c1nnc2ccccn12. The van der Waals surface area contributed by atoms with Crippen LogP contribution in [0.4, 0.5) is 29.3 Å². The third-order valence-electron chi connectivity index (χ3n) is 4.64. The Kier molecular flexibility index (Phi) is 5.86. The number of hydrogen-bond acceptors (Lipinski definition) is 4. The minimum Gasteiger partial charge on any atom is -0.378 e. The second kappa shape index (κ2) is 8.21. The summed E-state index contributed by atoms with van der Waals surface area (Å²) in [4.78, 5) is 14.2. The molecule has 3 rings (SSSR count). The highest BCUT2D eigenvalue weighted by atomic mass is 19.4. The minimum atomic E-state index is -4.62. The lowest BCUT2D eigenvalue weighted by Crippen LogP contribution is -2.36. The molecule has 2 heterocycles. The van der Waals surface area contributed by atoms with E-state index in [0.29, 0.717) is 17.2 Å². The van der Waals surface area contributed by atoms with Gasteiger partial charge in [0.1, 0.15) is 0 Å². The summed E-state index contributed by atoms with van der Waals surface area (Å²) in [6, 6.07) is 7.83. The van der Waals surface area contributed by atoms with Crippen LogP contribution in [0, 0.1) is 5.92 Å². The Labute approximate surface area is 171 Å². The highest BCUT2D eigenvalue weighted by Crippen LogP contribution is 2.37. The average Bonchev–Trinajstić information content (AvgIpc) is 3.09. The van der Waals surface area contributed by atoms with Crippen molar-refractivity contribution in [2.45, 2.75) is 26.1 Å². The van der Waals surface area contributed by atoms with E-state index in [2.05, 4.69) is 20.8 Å². The Bertz CT molecular complexity index is 1040. The number of anilines is 2. The van der Waals surface area contributed by atoms with Gasteiger partial charge in [-0.2, -0.15) is 13.2 Å². The van der Waals surface area contributed by atoms with Crippen LogP contribution < -0.4 is 15.5 Å². The topological polar surface area (TPSA) is 74.6 Å². The Hall–Kier alpha value is -3.30. The van der Waals surface area contributed by atoms with Gasteiger partial charge < -0.3 is 15.5 Å². The van der Waals surface area contributed by atoms with Crippen molar-refractivity contribution in [3.63, 3.8) is 0 Å². The molecular formula is C20H23F3N6O. The number of carbonyl (C=O) groups is 1. The van der Waals surface area contributed by atoms with Gasteiger partial charge in [-0.25, -0.2) is 4.79 Å². The zero-order chi connectivity index (χ0) is 22.1. The van der Waals surface area contributed by atoms with Gasteiger partial charge in [-0.3, -0.25) is 4.40 Å². The number of carbonyl (C=O) groups excluding carboxylic acids is 1. The van der Waals surface area contributed by atoms with Crippen LogP contribution in [-0.4, -0.2) is 34.7 Å². The maximum Gasteiger partial charge on any atom is 0.418 e. The van der Waals surface area contributed by atoms with E-state index in [1.807, 2.05) is 19.9 Å². The molecule has 1 unspecified atom stereocenters. The molecule has 0 aliphatic heterocycles. The van der Waals surface area contributed by atoms with Crippen LogP contribution >= 0.6 is 0 Å². The summed E-state index contributed by atoms with van der Waals surface area (Å²) in [7, 11) is 3.29. The van der Waals surface area contributed by atoms with Gasteiger partial charge in [-0.1, -0.05) is 19.9 Å². The summed E-state index contributed by atoms with van der Waals surface area (Å²) in [6.45, 7) is 3.75. The van der Waals surface area contributed by atoms with Crippen LogP contribution in [0.3, 0.4) is 0 Å². The number of amides is 2. The van der Waals surface area contributed by atoms with Gasteiger partial charge in [0.2, 0.25) is 0 Å². The molecule has 0 saturated heterocycles. The average molecular weight is 420 g/mol. The lowest BCUT2D eigenvalue weighted by atomic mass is 10.0. The normalized spacial score (nSPS) is 12.8. The van der Waals surface area contributed by atoms with Crippen molar-refractivity contribution in [3.8, 4) is 0 Å². The first-order valence-electron chi connectivity index (χ1n) is 9.33. The number of benzene rings is 1. The largest absolute Gasteiger partial charge is 0.418 e. The van der Waals surface area contributed by atoms with Gasteiger partial charge in [0.05, 0.1) is 17.3 Å². The van der Waals surface area contributed by atoms with E-state index in [1.165, 1.54) is 12.1 Å². The molecule has 2 amide bonds. The minimum absolute atomic E-state index is 0.0819. The number of halogens is 3. The molecule has 3 aromatic rings. The molecule has 2 aromatic heterocycles. The molecule has 0 spiro atoms. The summed E-state index contributed by atoms with van der Waals surface area (Å²) in [5.41, 5.74) is -0.251. The molecule has 1 atom stereocenters. The smallest absolute Gasteiger partial charge is 0.378 e. The van der Waals surface area contributed by atoms with Crippen molar-refractivity contribution in [3.05, 3.63) is 54.0 Å². The molecule has 160 valence electrons. The number of pyridine rings is 1. The third-order valence-corrected chi connectivity index (χ3v) is 4.64. The van der Waals surface area contributed by atoms with Crippen LogP contribution in [0.5, 0.6) is 0 Å². The Morgan fingerprint density at radius 3 is 2.50 bits per heavy atom. The van der Waals surface area contributed by atoms with E-state index in [1.54, 1.807) is 41.7 Å². The number of nitrogens with zero attached hydrogens (tertiary/aromatic N) is 4. The standard InChI is InChI=1S/C20H23F3N6O/c1-12(2)17(18-27-26-16-7-5-6-10-29(16)18)25-19(30)24-15-9-8-13(28(3)4)11-14(15)20(21,22)23/h5-12,17H,1-4H3,(H2,24,25,30). The molecule has 10 heteroatoms. The van der Waals surface area contributed by atoms with Crippen LogP contribution in [0.2, 0.25) is 0 Å². The Morgan fingerprint density at radius 1 is 1.13 bits per heavy atom. The second-order valence-electron chi connectivity index (χ2n) is 7.43. The van der Waals surface area contributed by atoms with Crippen LogP contribution in [0.25, 0.3) is 5.65 Å². The molecule has 0 bridgehead atoms. The molecule has 0 aliphatic rings. The summed E-state index contributed by atoms with van der Waals surface area (Å²) in [6.07, 6.45) is -2.85. The van der Waals surface area contributed by atoms with Crippen molar-refractivity contribution in [1.29, 1.82) is 0 Å². The van der Waals surface area contributed by atoms with E-state index in [0.717, 1.165) is 6.07 Å². The van der Waals surface area contributed by atoms with Crippen molar-refractivity contribution in [2.24, 2.45) is 5.92 Å². The fourth-order valence-corrected chi connectivity index (χ4v) is 3.05. The fraction of sp³-hybridized carbons (Fsp3) is 0.350. The van der Waals surface area contributed by atoms with Crippen molar-refractivity contribution in [2.75, 3.05) is 24.3 Å².